The third-order valence-corrected chi connectivity index (χ3v) is 3.14. The fourth-order valence-corrected chi connectivity index (χ4v) is 2.07. The van der Waals surface area contributed by atoms with Crippen molar-refractivity contribution in [1.82, 2.24) is 5.32 Å². The van der Waals surface area contributed by atoms with Crippen molar-refractivity contribution in [1.29, 1.82) is 0 Å². The van der Waals surface area contributed by atoms with Gasteiger partial charge in [-0.25, -0.2) is 8.78 Å². The SMILES string of the molecule is COc1ccccc1C(=O)NCCC(=O)Nc1cc(F)cc(F)c1. The molecule has 2 amide bonds. The average molecular weight is 334 g/mol. The van der Waals surface area contributed by atoms with Gasteiger partial charge in [-0.3, -0.25) is 9.59 Å². The minimum Gasteiger partial charge on any atom is -0.496 e. The summed E-state index contributed by atoms with van der Waals surface area (Å²) in [4.78, 5) is 23.8. The highest BCUT2D eigenvalue weighted by atomic mass is 19.1. The van der Waals surface area contributed by atoms with Crippen LogP contribution in [-0.2, 0) is 4.79 Å². The number of methoxy groups -OCH3 is 1. The van der Waals surface area contributed by atoms with Gasteiger partial charge in [-0.15, -0.1) is 0 Å². The summed E-state index contributed by atoms with van der Waals surface area (Å²) in [5.74, 6) is -1.99. The first-order valence-corrected chi connectivity index (χ1v) is 7.17. The van der Waals surface area contributed by atoms with E-state index in [4.69, 9.17) is 4.74 Å². The van der Waals surface area contributed by atoms with E-state index in [9.17, 15) is 18.4 Å². The molecule has 0 heterocycles. The van der Waals surface area contributed by atoms with Crippen molar-refractivity contribution in [3.63, 3.8) is 0 Å². The molecule has 2 aromatic carbocycles. The maximum Gasteiger partial charge on any atom is 0.255 e. The summed E-state index contributed by atoms with van der Waals surface area (Å²) < 4.78 is 31.2. The lowest BCUT2D eigenvalue weighted by Gasteiger charge is -2.09. The molecule has 2 aromatic rings. The number of ether oxygens (including phenoxy) is 1. The van der Waals surface area contributed by atoms with Crippen LogP contribution in [-0.4, -0.2) is 25.5 Å². The normalized spacial score (nSPS) is 10.1. The van der Waals surface area contributed by atoms with Crippen LogP contribution < -0.4 is 15.4 Å². The summed E-state index contributed by atoms with van der Waals surface area (Å²) in [7, 11) is 1.46. The van der Waals surface area contributed by atoms with Gasteiger partial charge in [-0.2, -0.15) is 0 Å². The first kappa shape index (κ1) is 17.4. The molecule has 0 radical (unpaired) electrons. The summed E-state index contributed by atoms with van der Waals surface area (Å²) >= 11 is 0. The monoisotopic (exact) mass is 334 g/mol. The van der Waals surface area contributed by atoms with Gasteiger partial charge in [0, 0.05) is 24.7 Å². The molecule has 0 spiro atoms. The van der Waals surface area contributed by atoms with Crippen LogP contribution in [0.1, 0.15) is 16.8 Å². The summed E-state index contributed by atoms with van der Waals surface area (Å²) in [6.07, 6.45) is -0.0426. The number of nitrogens with one attached hydrogen (secondary N) is 2. The van der Waals surface area contributed by atoms with Gasteiger partial charge >= 0.3 is 0 Å². The Hall–Kier alpha value is -2.96. The molecular weight excluding hydrogens is 318 g/mol. The first-order chi connectivity index (χ1) is 11.5. The van der Waals surface area contributed by atoms with Crippen molar-refractivity contribution >= 4 is 17.5 Å². The van der Waals surface area contributed by atoms with Crippen molar-refractivity contribution in [2.75, 3.05) is 19.0 Å². The van der Waals surface area contributed by atoms with E-state index in [-0.39, 0.29) is 24.6 Å². The topological polar surface area (TPSA) is 67.4 Å². The fourth-order valence-electron chi connectivity index (χ4n) is 2.07. The summed E-state index contributed by atoms with van der Waals surface area (Å²) in [6.45, 7) is 0.0700. The predicted octanol–water partition coefficient (Wildman–Crippen LogP) is 2.73. The smallest absolute Gasteiger partial charge is 0.255 e. The maximum absolute atomic E-state index is 13.0. The molecule has 0 unspecified atom stereocenters. The van der Waals surface area contributed by atoms with Crippen LogP contribution in [0.2, 0.25) is 0 Å². The number of benzene rings is 2. The molecular formula is C17H16F2N2O3. The van der Waals surface area contributed by atoms with E-state index in [0.717, 1.165) is 12.1 Å². The second-order valence-electron chi connectivity index (χ2n) is 4.91. The zero-order valence-corrected chi connectivity index (χ0v) is 12.9. The number of halogens is 2. The molecule has 0 aliphatic heterocycles. The number of rotatable bonds is 6. The zero-order chi connectivity index (χ0) is 17.5. The number of carbonyl (C=O) groups excluding carboxylic acids is 2. The number of anilines is 1. The summed E-state index contributed by atoms with van der Waals surface area (Å²) in [6, 6.07) is 9.42. The van der Waals surface area contributed by atoms with Gasteiger partial charge in [0.25, 0.3) is 5.91 Å². The molecule has 0 atom stereocenters. The van der Waals surface area contributed by atoms with Crippen molar-refractivity contribution in [2.45, 2.75) is 6.42 Å². The van der Waals surface area contributed by atoms with E-state index in [2.05, 4.69) is 10.6 Å². The standard InChI is InChI=1S/C17H16F2N2O3/c1-24-15-5-3-2-4-14(15)17(23)20-7-6-16(22)21-13-9-11(18)8-12(19)10-13/h2-5,8-10H,6-7H2,1H3,(H,20,23)(H,21,22). The van der Waals surface area contributed by atoms with Crippen LogP contribution in [0.4, 0.5) is 14.5 Å². The molecule has 0 fully saturated rings. The molecule has 2 rings (SSSR count). The van der Waals surface area contributed by atoms with Crippen molar-refractivity contribution < 1.29 is 23.1 Å². The molecule has 0 aliphatic rings. The molecule has 2 N–H and O–H groups in total. The van der Waals surface area contributed by atoms with Crippen molar-refractivity contribution in [2.24, 2.45) is 0 Å². The van der Waals surface area contributed by atoms with Gasteiger partial charge in [-0.05, 0) is 24.3 Å². The number of carbonyl (C=O) groups is 2. The van der Waals surface area contributed by atoms with E-state index >= 15 is 0 Å². The molecule has 5 nitrogen and oxygen atoms in total. The van der Waals surface area contributed by atoms with Gasteiger partial charge in [0.2, 0.25) is 5.91 Å². The molecule has 126 valence electrons. The van der Waals surface area contributed by atoms with Gasteiger partial charge in [0.05, 0.1) is 12.7 Å². The highest BCUT2D eigenvalue weighted by Gasteiger charge is 2.12. The lowest BCUT2D eigenvalue weighted by Crippen LogP contribution is -2.28. The van der Waals surface area contributed by atoms with Crippen molar-refractivity contribution in [3.05, 3.63) is 59.7 Å². The predicted molar refractivity (Wildman–Crippen MR) is 84.9 cm³/mol. The minimum atomic E-state index is -0.783. The molecule has 0 aliphatic carbocycles. The Morgan fingerprint density at radius 1 is 1.08 bits per heavy atom. The Kier molecular flexibility index (Phi) is 5.83. The summed E-state index contributed by atoms with van der Waals surface area (Å²) in [5.41, 5.74) is 0.376. The minimum absolute atomic E-state index is 0.0218. The highest BCUT2D eigenvalue weighted by Crippen LogP contribution is 2.17. The maximum atomic E-state index is 13.0. The Balaban J connectivity index is 1.85. The third kappa shape index (κ3) is 4.77. The highest BCUT2D eigenvalue weighted by molar-refractivity contribution is 5.97. The molecule has 0 aromatic heterocycles. The Bertz CT molecular complexity index is 730. The van der Waals surface area contributed by atoms with Crippen LogP contribution in [0.5, 0.6) is 5.75 Å². The van der Waals surface area contributed by atoms with Gasteiger partial charge in [-0.1, -0.05) is 12.1 Å². The molecule has 7 heteroatoms. The van der Waals surface area contributed by atoms with Gasteiger partial charge in [0.15, 0.2) is 0 Å². The second-order valence-corrected chi connectivity index (χ2v) is 4.91. The summed E-state index contributed by atoms with van der Waals surface area (Å²) in [5, 5.41) is 4.95. The molecule has 24 heavy (non-hydrogen) atoms. The van der Waals surface area contributed by atoms with E-state index in [1.54, 1.807) is 24.3 Å². The largest absolute Gasteiger partial charge is 0.496 e. The first-order valence-electron chi connectivity index (χ1n) is 7.17. The number of para-hydroxylation sites is 1. The van der Waals surface area contributed by atoms with E-state index in [0.29, 0.717) is 17.4 Å². The average Bonchev–Trinajstić information content (AvgIpc) is 2.53. The lowest BCUT2D eigenvalue weighted by atomic mass is 10.2. The second kappa shape index (κ2) is 8.05. The van der Waals surface area contributed by atoms with E-state index in [1.165, 1.54) is 7.11 Å². The van der Waals surface area contributed by atoms with Crippen molar-refractivity contribution in [3.8, 4) is 5.75 Å². The van der Waals surface area contributed by atoms with Gasteiger partial charge < -0.3 is 15.4 Å². The van der Waals surface area contributed by atoms with E-state index in [1.807, 2.05) is 0 Å². The fraction of sp³-hybridized carbons (Fsp3) is 0.176. The lowest BCUT2D eigenvalue weighted by molar-refractivity contribution is -0.116. The Morgan fingerprint density at radius 3 is 2.42 bits per heavy atom. The zero-order valence-electron chi connectivity index (χ0n) is 12.9. The van der Waals surface area contributed by atoms with E-state index < -0.39 is 17.5 Å². The van der Waals surface area contributed by atoms with Crippen LogP contribution in [0, 0.1) is 11.6 Å². The Labute approximate surface area is 137 Å². The quantitative estimate of drug-likeness (QED) is 0.853. The van der Waals surface area contributed by atoms with Gasteiger partial charge in [0.1, 0.15) is 17.4 Å². The Morgan fingerprint density at radius 2 is 1.75 bits per heavy atom. The molecule has 0 saturated carbocycles. The number of hydrogen-bond acceptors (Lipinski definition) is 3. The molecule has 0 saturated heterocycles. The van der Waals surface area contributed by atoms with Crippen LogP contribution in [0.25, 0.3) is 0 Å². The third-order valence-electron chi connectivity index (χ3n) is 3.14. The molecule has 0 bridgehead atoms. The van der Waals surface area contributed by atoms with Crippen LogP contribution >= 0.6 is 0 Å². The van der Waals surface area contributed by atoms with Crippen LogP contribution in [0.15, 0.2) is 42.5 Å². The van der Waals surface area contributed by atoms with Crippen LogP contribution in [0.3, 0.4) is 0 Å². The number of amides is 2. The number of hydrogen-bond donors (Lipinski definition) is 2.